The third kappa shape index (κ3) is 1.82. The Bertz CT molecular complexity index is 325. The molecule has 0 fully saturated rings. The van der Waals surface area contributed by atoms with Gasteiger partial charge in [0.1, 0.15) is 0 Å². The van der Waals surface area contributed by atoms with Gasteiger partial charge in [-0.1, -0.05) is 13.0 Å². The molecule has 14 heavy (non-hydrogen) atoms. The fourth-order valence-corrected chi connectivity index (χ4v) is 1.46. The van der Waals surface area contributed by atoms with Crippen LogP contribution in [-0.2, 0) is 6.54 Å². The smallest absolute Gasteiger partial charge is 0.231 e. The van der Waals surface area contributed by atoms with Crippen molar-refractivity contribution in [1.82, 2.24) is 4.90 Å². The normalized spacial score (nSPS) is 13.6. The summed E-state index contributed by atoms with van der Waals surface area (Å²) in [5, 5.41) is 0. The Morgan fingerprint density at radius 2 is 2.07 bits per heavy atom. The van der Waals surface area contributed by atoms with Gasteiger partial charge < -0.3 is 14.4 Å². The van der Waals surface area contributed by atoms with Crippen LogP contribution in [-0.4, -0.2) is 25.3 Å². The molecule has 1 heterocycles. The van der Waals surface area contributed by atoms with Crippen LogP contribution >= 0.6 is 0 Å². The standard InChI is InChI=1S/C11H15NO2/c1-3-12(2)7-9-4-5-10-11(6-9)14-8-13-10/h4-6H,3,7-8H2,1-2H3. The van der Waals surface area contributed by atoms with Crippen molar-refractivity contribution >= 4 is 0 Å². The summed E-state index contributed by atoms with van der Waals surface area (Å²) in [6.45, 7) is 4.50. The molecular formula is C11H15NO2. The summed E-state index contributed by atoms with van der Waals surface area (Å²) in [4.78, 5) is 2.25. The zero-order valence-corrected chi connectivity index (χ0v) is 8.62. The van der Waals surface area contributed by atoms with Crippen molar-refractivity contribution < 1.29 is 9.47 Å². The summed E-state index contributed by atoms with van der Waals surface area (Å²) in [5.74, 6) is 1.72. The lowest BCUT2D eigenvalue weighted by Crippen LogP contribution is -2.16. The predicted molar refractivity (Wildman–Crippen MR) is 54.6 cm³/mol. The molecule has 0 aromatic heterocycles. The van der Waals surface area contributed by atoms with Crippen molar-refractivity contribution in [3.63, 3.8) is 0 Å². The molecule has 1 aromatic rings. The Kier molecular flexibility index (Phi) is 2.59. The fourth-order valence-electron chi connectivity index (χ4n) is 1.46. The largest absolute Gasteiger partial charge is 0.454 e. The topological polar surface area (TPSA) is 21.7 Å². The van der Waals surface area contributed by atoms with Crippen molar-refractivity contribution in [2.45, 2.75) is 13.5 Å². The van der Waals surface area contributed by atoms with Gasteiger partial charge in [0.15, 0.2) is 11.5 Å². The first-order valence-electron chi connectivity index (χ1n) is 4.86. The lowest BCUT2D eigenvalue weighted by molar-refractivity contribution is 0.174. The molecule has 3 heteroatoms. The summed E-state index contributed by atoms with van der Waals surface area (Å²) >= 11 is 0. The number of ether oxygens (including phenoxy) is 2. The maximum atomic E-state index is 5.31. The van der Waals surface area contributed by atoms with Gasteiger partial charge in [-0.2, -0.15) is 0 Å². The summed E-state index contributed by atoms with van der Waals surface area (Å²) in [7, 11) is 2.10. The average molecular weight is 193 g/mol. The van der Waals surface area contributed by atoms with E-state index in [-0.39, 0.29) is 0 Å². The minimum Gasteiger partial charge on any atom is -0.454 e. The molecule has 1 aliphatic heterocycles. The second-order valence-corrected chi connectivity index (χ2v) is 3.52. The van der Waals surface area contributed by atoms with Gasteiger partial charge in [0.2, 0.25) is 6.79 Å². The van der Waals surface area contributed by atoms with E-state index in [0.717, 1.165) is 24.6 Å². The number of hydrogen-bond acceptors (Lipinski definition) is 3. The summed E-state index contributed by atoms with van der Waals surface area (Å²) in [5.41, 5.74) is 1.26. The van der Waals surface area contributed by atoms with Crippen molar-refractivity contribution in [2.75, 3.05) is 20.4 Å². The summed E-state index contributed by atoms with van der Waals surface area (Å²) in [6.07, 6.45) is 0. The molecule has 1 aromatic carbocycles. The highest BCUT2D eigenvalue weighted by Gasteiger charge is 2.13. The predicted octanol–water partition coefficient (Wildman–Crippen LogP) is 1.87. The Morgan fingerprint density at radius 1 is 1.29 bits per heavy atom. The Hall–Kier alpha value is -1.22. The van der Waals surface area contributed by atoms with E-state index >= 15 is 0 Å². The van der Waals surface area contributed by atoms with E-state index < -0.39 is 0 Å². The summed E-state index contributed by atoms with van der Waals surface area (Å²) in [6, 6.07) is 6.11. The highest BCUT2D eigenvalue weighted by molar-refractivity contribution is 5.44. The highest BCUT2D eigenvalue weighted by Crippen LogP contribution is 2.32. The van der Waals surface area contributed by atoms with Crippen molar-refractivity contribution in [1.29, 1.82) is 0 Å². The first kappa shape index (κ1) is 9.34. The second-order valence-electron chi connectivity index (χ2n) is 3.52. The Morgan fingerprint density at radius 3 is 2.86 bits per heavy atom. The lowest BCUT2D eigenvalue weighted by Gasteiger charge is -2.13. The number of rotatable bonds is 3. The van der Waals surface area contributed by atoms with Crippen LogP contribution in [0.5, 0.6) is 11.5 Å². The van der Waals surface area contributed by atoms with E-state index in [1.54, 1.807) is 0 Å². The van der Waals surface area contributed by atoms with Gasteiger partial charge in [-0.05, 0) is 31.3 Å². The first-order chi connectivity index (χ1) is 6.79. The third-order valence-electron chi connectivity index (χ3n) is 2.43. The van der Waals surface area contributed by atoms with E-state index in [2.05, 4.69) is 31.0 Å². The van der Waals surface area contributed by atoms with E-state index in [4.69, 9.17) is 9.47 Å². The van der Waals surface area contributed by atoms with E-state index in [1.807, 2.05) is 6.07 Å². The molecule has 0 unspecified atom stereocenters. The van der Waals surface area contributed by atoms with Crippen LogP contribution in [0.2, 0.25) is 0 Å². The molecular weight excluding hydrogens is 178 g/mol. The molecule has 3 nitrogen and oxygen atoms in total. The number of fused-ring (bicyclic) bond motifs is 1. The molecule has 0 N–H and O–H groups in total. The minimum absolute atomic E-state index is 0.350. The second kappa shape index (κ2) is 3.88. The Labute approximate surface area is 84.2 Å². The van der Waals surface area contributed by atoms with Crippen LogP contribution in [0, 0.1) is 0 Å². The SMILES string of the molecule is CCN(C)Cc1ccc2c(c1)OCO2. The molecule has 0 amide bonds. The van der Waals surface area contributed by atoms with Crippen molar-refractivity contribution in [2.24, 2.45) is 0 Å². The van der Waals surface area contributed by atoms with Gasteiger partial charge in [0.25, 0.3) is 0 Å². The van der Waals surface area contributed by atoms with Gasteiger partial charge in [-0.15, -0.1) is 0 Å². The van der Waals surface area contributed by atoms with E-state index in [1.165, 1.54) is 5.56 Å². The zero-order valence-electron chi connectivity index (χ0n) is 8.62. The van der Waals surface area contributed by atoms with Gasteiger partial charge in [-0.25, -0.2) is 0 Å². The molecule has 1 aliphatic rings. The van der Waals surface area contributed by atoms with Crippen LogP contribution in [0.1, 0.15) is 12.5 Å². The lowest BCUT2D eigenvalue weighted by atomic mass is 10.2. The molecule has 0 aliphatic carbocycles. The molecule has 0 radical (unpaired) electrons. The molecule has 0 bridgehead atoms. The Balaban J connectivity index is 2.12. The van der Waals surface area contributed by atoms with Crippen LogP contribution in [0.15, 0.2) is 18.2 Å². The van der Waals surface area contributed by atoms with Crippen molar-refractivity contribution in [3.8, 4) is 11.5 Å². The van der Waals surface area contributed by atoms with Gasteiger partial charge in [-0.3, -0.25) is 0 Å². The number of hydrogen-bond donors (Lipinski definition) is 0. The minimum atomic E-state index is 0.350. The van der Waals surface area contributed by atoms with Gasteiger partial charge in [0, 0.05) is 6.54 Å². The van der Waals surface area contributed by atoms with Crippen molar-refractivity contribution in [3.05, 3.63) is 23.8 Å². The third-order valence-corrected chi connectivity index (χ3v) is 2.43. The van der Waals surface area contributed by atoms with Gasteiger partial charge >= 0.3 is 0 Å². The molecule has 76 valence electrons. The molecule has 0 spiro atoms. The number of benzene rings is 1. The van der Waals surface area contributed by atoms with Gasteiger partial charge in [0.05, 0.1) is 0 Å². The molecule has 0 saturated carbocycles. The molecule has 0 atom stereocenters. The number of nitrogens with zero attached hydrogens (tertiary/aromatic N) is 1. The first-order valence-corrected chi connectivity index (χ1v) is 4.86. The van der Waals surface area contributed by atoms with Crippen LogP contribution in [0.4, 0.5) is 0 Å². The van der Waals surface area contributed by atoms with E-state index in [9.17, 15) is 0 Å². The highest BCUT2D eigenvalue weighted by atomic mass is 16.7. The van der Waals surface area contributed by atoms with Crippen LogP contribution in [0.3, 0.4) is 0 Å². The zero-order chi connectivity index (χ0) is 9.97. The molecule has 2 rings (SSSR count). The van der Waals surface area contributed by atoms with Crippen LogP contribution in [0.25, 0.3) is 0 Å². The van der Waals surface area contributed by atoms with E-state index in [0.29, 0.717) is 6.79 Å². The average Bonchev–Trinajstić information content (AvgIpc) is 2.64. The monoisotopic (exact) mass is 193 g/mol. The summed E-state index contributed by atoms with van der Waals surface area (Å²) < 4.78 is 10.6. The maximum absolute atomic E-state index is 5.31. The fraction of sp³-hybridized carbons (Fsp3) is 0.455. The maximum Gasteiger partial charge on any atom is 0.231 e. The molecule has 0 saturated heterocycles. The van der Waals surface area contributed by atoms with Crippen LogP contribution < -0.4 is 9.47 Å². The quantitative estimate of drug-likeness (QED) is 0.731.